The van der Waals surface area contributed by atoms with Crippen molar-refractivity contribution in [1.82, 2.24) is 15.3 Å². The molecule has 0 aromatic carbocycles. The van der Waals surface area contributed by atoms with E-state index in [1.807, 2.05) is 24.9 Å². The van der Waals surface area contributed by atoms with Crippen LogP contribution in [-0.2, 0) is 4.74 Å². The smallest absolute Gasteiger partial charge is 0.125 e. The molecule has 3 unspecified atom stereocenters. The summed E-state index contributed by atoms with van der Waals surface area (Å²) in [4.78, 5) is 8.89. The summed E-state index contributed by atoms with van der Waals surface area (Å²) in [5, 5.41) is 3.65. The molecule has 2 aliphatic heterocycles. The number of aryl methyl sites for hydroxylation is 1. The van der Waals surface area contributed by atoms with E-state index in [4.69, 9.17) is 4.74 Å². The predicted octanol–water partition coefficient (Wildman–Crippen LogP) is 2.74. The SMILES string of the molecule is CCNC(c1ccnc(C)n1)C1CCOC2(CCSC2)C1. The van der Waals surface area contributed by atoms with Crippen LogP contribution in [-0.4, -0.2) is 40.2 Å². The third kappa shape index (κ3) is 3.41. The third-order valence-corrected chi connectivity index (χ3v) is 5.83. The molecule has 3 atom stereocenters. The molecule has 0 saturated carbocycles. The molecule has 1 aromatic rings. The Morgan fingerprint density at radius 2 is 2.48 bits per heavy atom. The summed E-state index contributed by atoms with van der Waals surface area (Å²) in [6.07, 6.45) is 5.35. The van der Waals surface area contributed by atoms with Gasteiger partial charge in [0.2, 0.25) is 0 Å². The molecular weight excluding hydrogens is 282 g/mol. The van der Waals surface area contributed by atoms with Crippen LogP contribution in [0.4, 0.5) is 0 Å². The van der Waals surface area contributed by atoms with Gasteiger partial charge in [-0.15, -0.1) is 0 Å². The minimum Gasteiger partial charge on any atom is -0.374 e. The van der Waals surface area contributed by atoms with Crippen molar-refractivity contribution in [2.75, 3.05) is 24.7 Å². The van der Waals surface area contributed by atoms with Gasteiger partial charge < -0.3 is 10.1 Å². The number of hydrogen-bond acceptors (Lipinski definition) is 5. The van der Waals surface area contributed by atoms with E-state index in [2.05, 4.69) is 28.3 Å². The number of thioether (sulfide) groups is 1. The van der Waals surface area contributed by atoms with E-state index in [0.717, 1.165) is 43.3 Å². The number of ether oxygens (including phenoxy) is 1. The molecule has 0 aliphatic carbocycles. The van der Waals surface area contributed by atoms with Crippen LogP contribution in [0.1, 0.15) is 43.7 Å². The van der Waals surface area contributed by atoms with E-state index < -0.39 is 0 Å². The molecule has 3 heterocycles. The highest BCUT2D eigenvalue weighted by Crippen LogP contribution is 2.43. The predicted molar refractivity (Wildman–Crippen MR) is 86.5 cm³/mol. The summed E-state index contributed by atoms with van der Waals surface area (Å²) < 4.78 is 6.16. The molecule has 1 aromatic heterocycles. The van der Waals surface area contributed by atoms with Crippen molar-refractivity contribution in [3.05, 3.63) is 23.8 Å². The van der Waals surface area contributed by atoms with Crippen LogP contribution in [0, 0.1) is 12.8 Å². The summed E-state index contributed by atoms with van der Waals surface area (Å²) >= 11 is 2.03. The fourth-order valence-corrected chi connectivity index (χ4v) is 4.97. The first-order chi connectivity index (χ1) is 10.2. The Hall–Kier alpha value is -0.650. The maximum absolute atomic E-state index is 6.16. The molecule has 3 rings (SSSR count). The highest BCUT2D eigenvalue weighted by atomic mass is 32.2. The van der Waals surface area contributed by atoms with Crippen molar-refractivity contribution in [3.63, 3.8) is 0 Å². The summed E-state index contributed by atoms with van der Waals surface area (Å²) in [6, 6.07) is 2.38. The lowest BCUT2D eigenvalue weighted by Crippen LogP contribution is -2.44. The molecule has 4 nitrogen and oxygen atoms in total. The quantitative estimate of drug-likeness (QED) is 0.927. The van der Waals surface area contributed by atoms with Crippen molar-refractivity contribution in [3.8, 4) is 0 Å². The first-order valence-corrected chi connectivity index (χ1v) is 9.12. The maximum Gasteiger partial charge on any atom is 0.125 e. The molecule has 21 heavy (non-hydrogen) atoms. The second-order valence-electron chi connectivity index (χ2n) is 6.15. The van der Waals surface area contributed by atoms with E-state index in [1.54, 1.807) is 0 Å². The van der Waals surface area contributed by atoms with Gasteiger partial charge in [-0.05, 0) is 50.5 Å². The van der Waals surface area contributed by atoms with Crippen molar-refractivity contribution in [2.24, 2.45) is 5.92 Å². The number of hydrogen-bond donors (Lipinski definition) is 1. The number of nitrogens with one attached hydrogen (secondary N) is 1. The zero-order valence-electron chi connectivity index (χ0n) is 13.0. The maximum atomic E-state index is 6.16. The Kier molecular flexibility index (Phi) is 4.82. The van der Waals surface area contributed by atoms with E-state index in [0.29, 0.717) is 12.0 Å². The number of nitrogens with zero attached hydrogens (tertiary/aromatic N) is 2. The largest absolute Gasteiger partial charge is 0.374 e. The monoisotopic (exact) mass is 307 g/mol. The fourth-order valence-electron chi connectivity index (χ4n) is 3.59. The van der Waals surface area contributed by atoms with Crippen LogP contribution in [0.3, 0.4) is 0 Å². The topological polar surface area (TPSA) is 47.0 Å². The van der Waals surface area contributed by atoms with Gasteiger partial charge >= 0.3 is 0 Å². The minimum absolute atomic E-state index is 0.128. The second kappa shape index (κ2) is 6.63. The number of rotatable bonds is 4. The zero-order valence-corrected chi connectivity index (χ0v) is 13.8. The summed E-state index contributed by atoms with van der Waals surface area (Å²) in [6.45, 7) is 5.98. The summed E-state index contributed by atoms with van der Waals surface area (Å²) in [5.74, 6) is 3.86. The lowest BCUT2D eigenvalue weighted by Gasteiger charge is -2.41. The van der Waals surface area contributed by atoms with Crippen molar-refractivity contribution in [1.29, 1.82) is 0 Å². The number of aromatic nitrogens is 2. The van der Waals surface area contributed by atoms with Gasteiger partial charge in [-0.25, -0.2) is 9.97 Å². The van der Waals surface area contributed by atoms with Crippen LogP contribution in [0.5, 0.6) is 0 Å². The van der Waals surface area contributed by atoms with E-state index in [9.17, 15) is 0 Å². The average Bonchev–Trinajstić information content (AvgIpc) is 2.92. The minimum atomic E-state index is 0.128. The first kappa shape index (κ1) is 15.3. The van der Waals surface area contributed by atoms with E-state index >= 15 is 0 Å². The molecule has 1 N–H and O–H groups in total. The van der Waals surface area contributed by atoms with Gasteiger partial charge in [-0.3, -0.25) is 0 Å². The van der Waals surface area contributed by atoms with Crippen molar-refractivity contribution >= 4 is 11.8 Å². The molecule has 1 spiro atoms. The Morgan fingerprint density at radius 1 is 1.57 bits per heavy atom. The van der Waals surface area contributed by atoms with Gasteiger partial charge in [0.25, 0.3) is 0 Å². The fraction of sp³-hybridized carbons (Fsp3) is 0.750. The van der Waals surface area contributed by atoms with Gasteiger partial charge in [0, 0.05) is 18.6 Å². The van der Waals surface area contributed by atoms with E-state index in [1.165, 1.54) is 12.2 Å². The van der Waals surface area contributed by atoms with Crippen molar-refractivity contribution < 1.29 is 4.74 Å². The molecule has 0 radical (unpaired) electrons. The molecule has 2 saturated heterocycles. The molecule has 2 aliphatic rings. The van der Waals surface area contributed by atoms with Gasteiger partial charge in [0.15, 0.2) is 0 Å². The van der Waals surface area contributed by atoms with Crippen LogP contribution in [0.25, 0.3) is 0 Å². The molecule has 0 amide bonds. The lowest BCUT2D eigenvalue weighted by atomic mass is 9.80. The Bertz CT molecular complexity index is 476. The highest BCUT2D eigenvalue weighted by Gasteiger charge is 2.42. The molecule has 2 fully saturated rings. The van der Waals surface area contributed by atoms with Gasteiger partial charge in [-0.1, -0.05) is 6.92 Å². The Labute approximate surface area is 131 Å². The molecular formula is C16H25N3OS. The lowest BCUT2D eigenvalue weighted by molar-refractivity contribution is -0.0855. The summed E-state index contributed by atoms with van der Waals surface area (Å²) in [5.41, 5.74) is 1.26. The molecule has 0 bridgehead atoms. The van der Waals surface area contributed by atoms with Crippen LogP contribution < -0.4 is 5.32 Å². The van der Waals surface area contributed by atoms with Crippen molar-refractivity contribution in [2.45, 2.75) is 44.8 Å². The highest BCUT2D eigenvalue weighted by molar-refractivity contribution is 7.99. The van der Waals surface area contributed by atoms with Crippen LogP contribution in [0.2, 0.25) is 0 Å². The first-order valence-electron chi connectivity index (χ1n) is 7.97. The van der Waals surface area contributed by atoms with Crippen LogP contribution >= 0.6 is 11.8 Å². The summed E-state index contributed by atoms with van der Waals surface area (Å²) in [7, 11) is 0. The molecule has 116 valence electrons. The van der Waals surface area contributed by atoms with Crippen LogP contribution in [0.15, 0.2) is 12.3 Å². The van der Waals surface area contributed by atoms with E-state index in [-0.39, 0.29) is 5.60 Å². The zero-order chi connectivity index (χ0) is 14.7. The Balaban J connectivity index is 1.80. The van der Waals surface area contributed by atoms with Gasteiger partial charge in [0.05, 0.1) is 17.3 Å². The third-order valence-electron chi connectivity index (χ3n) is 4.61. The normalized spacial score (nSPS) is 30.7. The Morgan fingerprint density at radius 3 is 3.19 bits per heavy atom. The van der Waals surface area contributed by atoms with Gasteiger partial charge in [-0.2, -0.15) is 11.8 Å². The second-order valence-corrected chi connectivity index (χ2v) is 7.26. The van der Waals surface area contributed by atoms with Gasteiger partial charge in [0.1, 0.15) is 5.82 Å². The molecule has 5 heteroatoms. The standard InChI is InChI=1S/C16H25N3OS/c1-3-17-15(14-4-7-18-12(2)19-14)13-5-8-20-16(10-13)6-9-21-11-16/h4,7,13,15,17H,3,5-6,8-11H2,1-2H3. The average molecular weight is 307 g/mol.